The van der Waals surface area contributed by atoms with E-state index in [4.69, 9.17) is 15.8 Å². The zero-order chi connectivity index (χ0) is 20.7. The number of imidazole rings is 1. The van der Waals surface area contributed by atoms with Crippen LogP contribution in [-0.4, -0.2) is 53.6 Å². The Morgan fingerprint density at radius 2 is 2.00 bits per heavy atom. The standard InChI is InChI=1S/C20H24N10/c1-2-15-17(22)28(13-21)16-12-24-19(26-18(16)30(15)14-6-3-4-7-14)27-11-9-23-20(27)29-10-5-8-25-29/h5,8-15,21-22H,2-4,6-7H2,1H3. The van der Waals surface area contributed by atoms with Crippen molar-refractivity contribution in [3.05, 3.63) is 37.1 Å². The van der Waals surface area contributed by atoms with Gasteiger partial charge in [0.25, 0.3) is 0 Å². The molecule has 10 heteroatoms. The Morgan fingerprint density at radius 3 is 2.70 bits per heavy atom. The first-order valence-electron chi connectivity index (χ1n) is 10.3. The van der Waals surface area contributed by atoms with E-state index in [1.807, 2.05) is 18.5 Å². The van der Waals surface area contributed by atoms with Gasteiger partial charge in [-0.3, -0.25) is 20.3 Å². The van der Waals surface area contributed by atoms with Crippen LogP contribution in [0.15, 0.2) is 37.1 Å². The minimum Gasteiger partial charge on any atom is -0.342 e. The Hall–Kier alpha value is -3.56. The van der Waals surface area contributed by atoms with Gasteiger partial charge >= 0.3 is 0 Å². The number of hydrogen-bond acceptors (Lipinski definition) is 7. The smallest absolute Gasteiger partial charge is 0.238 e. The molecule has 0 radical (unpaired) electrons. The zero-order valence-corrected chi connectivity index (χ0v) is 16.8. The summed E-state index contributed by atoms with van der Waals surface area (Å²) in [5.74, 6) is 2.28. The van der Waals surface area contributed by atoms with Crippen LogP contribution in [0.5, 0.6) is 0 Å². The molecule has 2 N–H and O–H groups in total. The van der Waals surface area contributed by atoms with Gasteiger partial charge in [0.05, 0.1) is 18.6 Å². The SMILES string of the molecule is CCC1C(=N)N(C=N)c2cnc(-n3ccnc3-n3cccn3)nc2N1C1CCCC1. The van der Waals surface area contributed by atoms with E-state index in [0.29, 0.717) is 29.5 Å². The van der Waals surface area contributed by atoms with Gasteiger partial charge in [-0.15, -0.1) is 0 Å². The minimum absolute atomic E-state index is 0.113. The van der Waals surface area contributed by atoms with Crippen molar-refractivity contribution < 1.29 is 0 Å². The number of fused-ring (bicyclic) bond motifs is 1. The average Bonchev–Trinajstić information content (AvgIpc) is 3.54. The summed E-state index contributed by atoms with van der Waals surface area (Å²) < 4.78 is 3.47. The number of aromatic nitrogens is 6. The molecule has 5 rings (SSSR count). The summed E-state index contributed by atoms with van der Waals surface area (Å²) in [6.45, 7) is 2.09. The van der Waals surface area contributed by atoms with E-state index in [9.17, 15) is 0 Å². The van der Waals surface area contributed by atoms with Gasteiger partial charge in [-0.2, -0.15) is 10.1 Å². The molecule has 0 spiro atoms. The molecule has 1 unspecified atom stereocenters. The highest BCUT2D eigenvalue weighted by Gasteiger charge is 2.40. The second-order valence-electron chi connectivity index (χ2n) is 7.58. The summed E-state index contributed by atoms with van der Waals surface area (Å²) >= 11 is 0. The van der Waals surface area contributed by atoms with Gasteiger partial charge in [0.15, 0.2) is 5.82 Å². The van der Waals surface area contributed by atoms with Gasteiger partial charge in [-0.1, -0.05) is 19.8 Å². The van der Waals surface area contributed by atoms with E-state index in [1.165, 1.54) is 19.2 Å². The molecule has 1 aliphatic carbocycles. The molecule has 1 aliphatic heterocycles. The van der Waals surface area contributed by atoms with Crippen LogP contribution in [0.25, 0.3) is 11.9 Å². The topological polar surface area (TPSA) is 116 Å². The third-order valence-electron chi connectivity index (χ3n) is 5.93. The fraction of sp³-hybridized carbons (Fsp3) is 0.400. The maximum absolute atomic E-state index is 8.70. The molecular formula is C20H24N10. The number of nitrogens with zero attached hydrogens (tertiary/aromatic N) is 8. The molecule has 0 bridgehead atoms. The predicted molar refractivity (Wildman–Crippen MR) is 114 cm³/mol. The molecule has 4 heterocycles. The monoisotopic (exact) mass is 404 g/mol. The summed E-state index contributed by atoms with van der Waals surface area (Å²) in [4.78, 5) is 17.8. The first-order chi connectivity index (χ1) is 14.7. The van der Waals surface area contributed by atoms with E-state index in [1.54, 1.807) is 32.7 Å². The summed E-state index contributed by atoms with van der Waals surface area (Å²) in [5, 5.41) is 20.9. The Labute approximate surface area is 174 Å². The van der Waals surface area contributed by atoms with Crippen LogP contribution >= 0.6 is 0 Å². The molecular weight excluding hydrogens is 380 g/mol. The lowest BCUT2D eigenvalue weighted by atomic mass is 10.0. The minimum atomic E-state index is -0.113. The summed E-state index contributed by atoms with van der Waals surface area (Å²) in [5.41, 5.74) is 0.677. The highest BCUT2D eigenvalue weighted by atomic mass is 15.4. The molecule has 10 nitrogen and oxygen atoms in total. The van der Waals surface area contributed by atoms with Crippen molar-refractivity contribution in [2.45, 2.75) is 51.1 Å². The van der Waals surface area contributed by atoms with Crippen LogP contribution in [0, 0.1) is 10.8 Å². The Kier molecular flexibility index (Phi) is 4.53. The second-order valence-corrected chi connectivity index (χ2v) is 7.58. The lowest BCUT2D eigenvalue weighted by molar-refractivity contribution is 0.547. The Bertz CT molecular complexity index is 1060. The molecule has 154 valence electrons. The van der Waals surface area contributed by atoms with Gasteiger partial charge in [0.2, 0.25) is 11.9 Å². The second kappa shape index (κ2) is 7.36. The number of nitrogens with one attached hydrogen (secondary N) is 2. The van der Waals surface area contributed by atoms with Crippen molar-refractivity contribution in [2.24, 2.45) is 0 Å². The largest absolute Gasteiger partial charge is 0.342 e. The van der Waals surface area contributed by atoms with Crippen LogP contribution in [0.4, 0.5) is 11.5 Å². The molecule has 1 fully saturated rings. The molecule has 0 saturated heterocycles. The molecule has 0 amide bonds. The van der Waals surface area contributed by atoms with Crippen LogP contribution < -0.4 is 9.80 Å². The molecule has 0 aromatic carbocycles. The highest BCUT2D eigenvalue weighted by molar-refractivity contribution is 6.16. The Morgan fingerprint density at radius 1 is 1.17 bits per heavy atom. The Balaban J connectivity index is 1.66. The molecule has 2 aliphatic rings. The maximum Gasteiger partial charge on any atom is 0.238 e. The van der Waals surface area contributed by atoms with Crippen molar-refractivity contribution in [2.75, 3.05) is 9.80 Å². The van der Waals surface area contributed by atoms with Gasteiger partial charge < -0.3 is 4.90 Å². The van der Waals surface area contributed by atoms with Gasteiger partial charge in [-0.05, 0) is 25.3 Å². The average molecular weight is 404 g/mol. The zero-order valence-electron chi connectivity index (χ0n) is 16.8. The van der Waals surface area contributed by atoms with Crippen molar-refractivity contribution in [3.63, 3.8) is 0 Å². The van der Waals surface area contributed by atoms with Crippen molar-refractivity contribution in [3.8, 4) is 11.9 Å². The molecule has 1 saturated carbocycles. The number of hydrogen-bond donors (Lipinski definition) is 2. The molecule has 3 aromatic heterocycles. The van der Waals surface area contributed by atoms with Crippen LogP contribution in [0.3, 0.4) is 0 Å². The maximum atomic E-state index is 8.70. The van der Waals surface area contributed by atoms with Gasteiger partial charge in [0, 0.05) is 30.8 Å². The normalized spacial score (nSPS) is 19.4. The van der Waals surface area contributed by atoms with Crippen LogP contribution in [0.2, 0.25) is 0 Å². The summed E-state index contributed by atoms with van der Waals surface area (Å²) in [6, 6.07) is 2.07. The van der Waals surface area contributed by atoms with Gasteiger partial charge in [-0.25, -0.2) is 14.6 Å². The summed E-state index contributed by atoms with van der Waals surface area (Å²) in [7, 11) is 0. The van der Waals surface area contributed by atoms with Crippen LogP contribution in [0.1, 0.15) is 39.0 Å². The first-order valence-corrected chi connectivity index (χ1v) is 10.3. The van der Waals surface area contributed by atoms with E-state index >= 15 is 0 Å². The van der Waals surface area contributed by atoms with Crippen molar-refractivity contribution in [1.29, 1.82) is 10.8 Å². The predicted octanol–water partition coefficient (Wildman–Crippen LogP) is 2.78. The van der Waals surface area contributed by atoms with E-state index < -0.39 is 0 Å². The fourth-order valence-electron chi connectivity index (χ4n) is 4.55. The molecule has 30 heavy (non-hydrogen) atoms. The van der Waals surface area contributed by atoms with E-state index in [0.717, 1.165) is 25.1 Å². The third-order valence-corrected chi connectivity index (χ3v) is 5.93. The first kappa shape index (κ1) is 18.5. The van der Waals surface area contributed by atoms with E-state index in [2.05, 4.69) is 26.9 Å². The number of amidine groups is 1. The van der Waals surface area contributed by atoms with Crippen molar-refractivity contribution in [1.82, 2.24) is 29.3 Å². The molecule has 3 aromatic rings. The molecule has 1 atom stereocenters. The third kappa shape index (κ3) is 2.78. The number of anilines is 2. The van der Waals surface area contributed by atoms with Crippen molar-refractivity contribution >= 4 is 23.7 Å². The lowest BCUT2D eigenvalue weighted by Crippen LogP contribution is -2.56. The quantitative estimate of drug-likeness (QED) is 0.499. The fourth-order valence-corrected chi connectivity index (χ4v) is 4.55. The summed E-state index contributed by atoms with van der Waals surface area (Å²) in [6.07, 6.45) is 15.3. The van der Waals surface area contributed by atoms with E-state index in [-0.39, 0.29) is 6.04 Å². The lowest BCUT2D eigenvalue weighted by Gasteiger charge is -2.44. The highest BCUT2D eigenvalue weighted by Crippen LogP contribution is 2.39. The number of rotatable bonds is 5. The van der Waals surface area contributed by atoms with Gasteiger partial charge in [0.1, 0.15) is 11.5 Å². The van der Waals surface area contributed by atoms with Crippen LogP contribution in [-0.2, 0) is 0 Å².